The average molecular weight is 253 g/mol. The van der Waals surface area contributed by atoms with Gasteiger partial charge in [0.15, 0.2) is 0 Å². The number of rotatable bonds is 2. The van der Waals surface area contributed by atoms with Crippen molar-refractivity contribution in [3.05, 3.63) is 21.4 Å². The van der Waals surface area contributed by atoms with E-state index in [-0.39, 0.29) is 6.04 Å². The SMILES string of the molecule is O=C(O)C1CC(c2cc3c(s2)COC3)CCN1. The summed E-state index contributed by atoms with van der Waals surface area (Å²) in [7, 11) is 0. The van der Waals surface area contributed by atoms with Gasteiger partial charge in [-0.05, 0) is 36.9 Å². The molecule has 0 bridgehead atoms. The summed E-state index contributed by atoms with van der Waals surface area (Å²) < 4.78 is 5.36. The van der Waals surface area contributed by atoms with Crippen molar-refractivity contribution in [1.82, 2.24) is 5.32 Å². The van der Waals surface area contributed by atoms with Gasteiger partial charge >= 0.3 is 5.97 Å². The van der Waals surface area contributed by atoms with E-state index >= 15 is 0 Å². The lowest BCUT2D eigenvalue weighted by molar-refractivity contribution is -0.140. The summed E-state index contributed by atoms with van der Waals surface area (Å²) in [6.45, 7) is 2.24. The zero-order chi connectivity index (χ0) is 11.8. The summed E-state index contributed by atoms with van der Waals surface area (Å²) in [5, 5.41) is 12.1. The first-order chi connectivity index (χ1) is 8.24. The molecule has 3 heterocycles. The lowest BCUT2D eigenvalue weighted by Crippen LogP contribution is -2.42. The number of hydrogen-bond donors (Lipinski definition) is 2. The Morgan fingerprint density at radius 1 is 1.53 bits per heavy atom. The monoisotopic (exact) mass is 253 g/mol. The van der Waals surface area contributed by atoms with Gasteiger partial charge in [0.1, 0.15) is 6.04 Å². The molecule has 0 aliphatic carbocycles. The standard InChI is InChI=1S/C12H15NO3S/c14-12(15)9-3-7(1-2-13-9)10-4-8-5-16-6-11(8)17-10/h4,7,9,13H,1-3,5-6H2,(H,14,15). The molecule has 5 heteroatoms. The number of carbonyl (C=O) groups is 1. The first-order valence-electron chi connectivity index (χ1n) is 5.89. The number of hydrogen-bond acceptors (Lipinski definition) is 4. The average Bonchev–Trinajstić information content (AvgIpc) is 2.89. The molecule has 2 atom stereocenters. The van der Waals surface area contributed by atoms with Crippen LogP contribution >= 0.6 is 11.3 Å². The maximum Gasteiger partial charge on any atom is 0.320 e. The van der Waals surface area contributed by atoms with Crippen LogP contribution in [0.15, 0.2) is 6.07 Å². The minimum absolute atomic E-state index is 0.387. The topological polar surface area (TPSA) is 58.6 Å². The van der Waals surface area contributed by atoms with Crippen molar-refractivity contribution in [2.45, 2.75) is 38.0 Å². The molecule has 0 amide bonds. The van der Waals surface area contributed by atoms with Crippen molar-refractivity contribution in [3.63, 3.8) is 0 Å². The van der Waals surface area contributed by atoms with Crippen LogP contribution in [0.2, 0.25) is 0 Å². The van der Waals surface area contributed by atoms with Crippen molar-refractivity contribution >= 4 is 17.3 Å². The molecule has 0 aromatic carbocycles. The Morgan fingerprint density at radius 2 is 2.41 bits per heavy atom. The molecule has 1 fully saturated rings. The Hall–Kier alpha value is -0.910. The summed E-state index contributed by atoms with van der Waals surface area (Å²) in [5.74, 6) is -0.338. The van der Waals surface area contributed by atoms with Gasteiger partial charge in [-0.1, -0.05) is 0 Å². The zero-order valence-corrected chi connectivity index (χ0v) is 10.3. The third kappa shape index (κ3) is 2.10. The summed E-state index contributed by atoms with van der Waals surface area (Å²) in [6.07, 6.45) is 1.74. The van der Waals surface area contributed by atoms with Crippen LogP contribution in [-0.2, 0) is 22.7 Å². The smallest absolute Gasteiger partial charge is 0.320 e. The van der Waals surface area contributed by atoms with Crippen LogP contribution in [0.3, 0.4) is 0 Å². The molecule has 1 aromatic heterocycles. The molecule has 0 saturated carbocycles. The van der Waals surface area contributed by atoms with E-state index in [0.717, 1.165) is 26.2 Å². The molecule has 2 aliphatic heterocycles. The summed E-state index contributed by atoms with van der Waals surface area (Å²) >= 11 is 1.80. The van der Waals surface area contributed by atoms with E-state index in [2.05, 4.69) is 11.4 Å². The van der Waals surface area contributed by atoms with Gasteiger partial charge in [-0.2, -0.15) is 0 Å². The van der Waals surface area contributed by atoms with E-state index in [0.29, 0.717) is 12.3 Å². The molecule has 17 heavy (non-hydrogen) atoms. The number of nitrogens with one attached hydrogen (secondary N) is 1. The highest BCUT2D eigenvalue weighted by Gasteiger charge is 2.29. The van der Waals surface area contributed by atoms with E-state index in [1.807, 2.05) is 0 Å². The van der Waals surface area contributed by atoms with Crippen molar-refractivity contribution in [2.75, 3.05) is 6.54 Å². The molecule has 1 aromatic rings. The maximum absolute atomic E-state index is 11.0. The quantitative estimate of drug-likeness (QED) is 0.842. The Bertz CT molecular complexity index is 421. The molecule has 0 radical (unpaired) electrons. The minimum atomic E-state index is -0.734. The predicted octanol–water partition coefficient (Wildman–Crippen LogP) is 1.70. The van der Waals surface area contributed by atoms with Gasteiger partial charge in [-0.15, -0.1) is 11.3 Å². The molecule has 2 N–H and O–H groups in total. The highest BCUT2D eigenvalue weighted by atomic mass is 32.1. The molecule has 1 saturated heterocycles. The predicted molar refractivity (Wildman–Crippen MR) is 64.2 cm³/mol. The van der Waals surface area contributed by atoms with Crippen LogP contribution in [0, 0.1) is 0 Å². The third-order valence-electron chi connectivity index (χ3n) is 3.51. The fraction of sp³-hybridized carbons (Fsp3) is 0.583. The number of thiophene rings is 1. The summed E-state index contributed by atoms with van der Waals surface area (Å²) in [5.41, 5.74) is 1.30. The van der Waals surface area contributed by atoms with Crippen LogP contribution in [0.5, 0.6) is 0 Å². The Balaban J connectivity index is 1.76. The Morgan fingerprint density at radius 3 is 3.18 bits per heavy atom. The molecule has 2 unspecified atom stereocenters. The number of carboxylic acids is 1. The number of ether oxygens (including phenoxy) is 1. The van der Waals surface area contributed by atoms with E-state index in [9.17, 15) is 4.79 Å². The van der Waals surface area contributed by atoms with Crippen LogP contribution < -0.4 is 5.32 Å². The maximum atomic E-state index is 11.0. The second kappa shape index (κ2) is 4.40. The van der Waals surface area contributed by atoms with Crippen LogP contribution in [0.25, 0.3) is 0 Å². The third-order valence-corrected chi connectivity index (χ3v) is 4.82. The number of fused-ring (bicyclic) bond motifs is 1. The summed E-state index contributed by atoms with van der Waals surface area (Å²) in [6, 6.07) is 1.82. The Kier molecular flexibility index (Phi) is 2.90. The van der Waals surface area contributed by atoms with Gasteiger partial charge in [0.25, 0.3) is 0 Å². The number of carboxylic acid groups (broad SMARTS) is 1. The van der Waals surface area contributed by atoms with Crippen molar-refractivity contribution < 1.29 is 14.6 Å². The molecule has 92 valence electrons. The van der Waals surface area contributed by atoms with E-state index in [4.69, 9.17) is 9.84 Å². The van der Waals surface area contributed by atoms with Crippen LogP contribution in [0.4, 0.5) is 0 Å². The van der Waals surface area contributed by atoms with Crippen molar-refractivity contribution in [1.29, 1.82) is 0 Å². The fourth-order valence-corrected chi connectivity index (χ4v) is 3.81. The van der Waals surface area contributed by atoms with Crippen molar-refractivity contribution in [3.8, 4) is 0 Å². The first-order valence-corrected chi connectivity index (χ1v) is 6.71. The lowest BCUT2D eigenvalue weighted by atomic mass is 9.91. The molecular weight excluding hydrogens is 238 g/mol. The first kappa shape index (κ1) is 11.2. The molecule has 2 aliphatic rings. The highest BCUT2D eigenvalue weighted by molar-refractivity contribution is 7.12. The van der Waals surface area contributed by atoms with Gasteiger partial charge in [0.2, 0.25) is 0 Å². The van der Waals surface area contributed by atoms with Gasteiger partial charge in [0, 0.05) is 9.75 Å². The van der Waals surface area contributed by atoms with Crippen LogP contribution in [-0.4, -0.2) is 23.7 Å². The van der Waals surface area contributed by atoms with E-state index in [1.54, 1.807) is 11.3 Å². The van der Waals surface area contributed by atoms with Gasteiger partial charge in [-0.25, -0.2) is 0 Å². The number of piperidine rings is 1. The fourth-order valence-electron chi connectivity index (χ4n) is 2.55. The summed E-state index contributed by atoms with van der Waals surface area (Å²) in [4.78, 5) is 13.7. The van der Waals surface area contributed by atoms with Gasteiger partial charge in [-0.3, -0.25) is 4.79 Å². The number of aliphatic carboxylic acids is 1. The molecule has 3 rings (SSSR count). The largest absolute Gasteiger partial charge is 0.480 e. The minimum Gasteiger partial charge on any atom is -0.480 e. The second-order valence-electron chi connectivity index (χ2n) is 4.66. The lowest BCUT2D eigenvalue weighted by Gasteiger charge is -2.27. The second-order valence-corrected chi connectivity index (χ2v) is 5.82. The van der Waals surface area contributed by atoms with Crippen LogP contribution in [0.1, 0.15) is 34.1 Å². The Labute approximate surface area is 104 Å². The molecular formula is C12H15NO3S. The normalized spacial score (nSPS) is 28.0. The zero-order valence-electron chi connectivity index (χ0n) is 9.44. The highest BCUT2D eigenvalue weighted by Crippen LogP contribution is 2.37. The van der Waals surface area contributed by atoms with Crippen molar-refractivity contribution in [2.24, 2.45) is 0 Å². The van der Waals surface area contributed by atoms with Gasteiger partial charge < -0.3 is 15.2 Å². The van der Waals surface area contributed by atoms with E-state index in [1.165, 1.54) is 15.3 Å². The van der Waals surface area contributed by atoms with E-state index < -0.39 is 5.97 Å². The van der Waals surface area contributed by atoms with Gasteiger partial charge in [0.05, 0.1) is 13.2 Å². The molecule has 0 spiro atoms. The molecule has 4 nitrogen and oxygen atoms in total.